The standard InChI is InChI=1S/C15H25N3O/c1-11-12(2)15(19-3)5-4-13(11)14(16)10-18-8-6-17-7-9-18/h4-5,14,17H,6-10,16H2,1-3H3. The molecule has 4 heteroatoms. The predicted molar refractivity (Wildman–Crippen MR) is 78.7 cm³/mol. The average molecular weight is 263 g/mol. The van der Waals surface area contributed by atoms with Crippen LogP contribution in [0.15, 0.2) is 12.1 Å². The van der Waals surface area contributed by atoms with E-state index in [2.05, 4.69) is 30.1 Å². The van der Waals surface area contributed by atoms with E-state index >= 15 is 0 Å². The number of hydrogen-bond acceptors (Lipinski definition) is 4. The van der Waals surface area contributed by atoms with Crippen LogP contribution in [0.1, 0.15) is 22.7 Å². The van der Waals surface area contributed by atoms with E-state index in [0.717, 1.165) is 38.5 Å². The fraction of sp³-hybridized carbons (Fsp3) is 0.600. The Hall–Kier alpha value is -1.10. The Kier molecular flexibility index (Phi) is 4.80. The maximum atomic E-state index is 6.38. The number of piperazine rings is 1. The van der Waals surface area contributed by atoms with Gasteiger partial charge in [0.15, 0.2) is 0 Å². The molecule has 0 aliphatic carbocycles. The van der Waals surface area contributed by atoms with E-state index in [-0.39, 0.29) is 6.04 Å². The quantitative estimate of drug-likeness (QED) is 0.857. The first kappa shape index (κ1) is 14.3. The molecule has 0 aromatic heterocycles. The van der Waals surface area contributed by atoms with E-state index in [0.29, 0.717) is 0 Å². The minimum absolute atomic E-state index is 0.0720. The Bertz CT molecular complexity index is 428. The van der Waals surface area contributed by atoms with Crippen LogP contribution in [0.25, 0.3) is 0 Å². The summed E-state index contributed by atoms with van der Waals surface area (Å²) in [5, 5.41) is 3.36. The number of nitrogens with two attached hydrogens (primary N) is 1. The summed E-state index contributed by atoms with van der Waals surface area (Å²) >= 11 is 0. The molecule has 1 unspecified atom stereocenters. The van der Waals surface area contributed by atoms with Crippen molar-refractivity contribution in [2.75, 3.05) is 39.8 Å². The Balaban J connectivity index is 2.10. The first-order valence-corrected chi connectivity index (χ1v) is 6.96. The SMILES string of the molecule is COc1ccc(C(N)CN2CCNCC2)c(C)c1C. The summed E-state index contributed by atoms with van der Waals surface area (Å²) in [5.74, 6) is 0.940. The summed E-state index contributed by atoms with van der Waals surface area (Å²) in [6.45, 7) is 9.44. The second-order valence-electron chi connectivity index (χ2n) is 5.26. The van der Waals surface area contributed by atoms with Crippen LogP contribution in [0.5, 0.6) is 5.75 Å². The van der Waals surface area contributed by atoms with Crippen molar-refractivity contribution < 1.29 is 4.74 Å². The molecule has 0 spiro atoms. The highest BCUT2D eigenvalue weighted by Gasteiger charge is 2.17. The normalized spacial score (nSPS) is 18.3. The molecule has 0 radical (unpaired) electrons. The lowest BCUT2D eigenvalue weighted by Crippen LogP contribution is -2.46. The van der Waals surface area contributed by atoms with Crippen molar-refractivity contribution in [3.8, 4) is 5.75 Å². The molecule has 0 saturated carbocycles. The molecule has 1 atom stereocenters. The Labute approximate surface area is 115 Å². The van der Waals surface area contributed by atoms with Gasteiger partial charge in [-0.15, -0.1) is 0 Å². The smallest absolute Gasteiger partial charge is 0.122 e. The molecule has 1 heterocycles. The van der Waals surface area contributed by atoms with Gasteiger partial charge in [-0.3, -0.25) is 4.90 Å². The molecule has 0 amide bonds. The van der Waals surface area contributed by atoms with Gasteiger partial charge >= 0.3 is 0 Å². The number of rotatable bonds is 4. The summed E-state index contributed by atoms with van der Waals surface area (Å²) in [4.78, 5) is 2.43. The molecule has 1 aromatic rings. The summed E-state index contributed by atoms with van der Waals surface area (Å²) in [7, 11) is 1.71. The van der Waals surface area contributed by atoms with Gasteiger partial charge < -0.3 is 15.8 Å². The van der Waals surface area contributed by atoms with Gasteiger partial charge in [-0.1, -0.05) is 6.07 Å². The summed E-state index contributed by atoms with van der Waals surface area (Å²) < 4.78 is 5.35. The third kappa shape index (κ3) is 3.26. The number of ether oxygens (including phenoxy) is 1. The highest BCUT2D eigenvalue weighted by atomic mass is 16.5. The van der Waals surface area contributed by atoms with Crippen LogP contribution in [0.4, 0.5) is 0 Å². The number of benzene rings is 1. The van der Waals surface area contributed by atoms with E-state index in [1.54, 1.807) is 7.11 Å². The van der Waals surface area contributed by atoms with Gasteiger partial charge in [0.05, 0.1) is 7.11 Å². The summed E-state index contributed by atoms with van der Waals surface area (Å²) in [6.07, 6.45) is 0. The third-order valence-corrected chi connectivity index (χ3v) is 4.06. The van der Waals surface area contributed by atoms with Crippen LogP contribution in [0.2, 0.25) is 0 Å². The molecule has 1 aromatic carbocycles. The van der Waals surface area contributed by atoms with Crippen LogP contribution in [-0.4, -0.2) is 44.7 Å². The molecular formula is C15H25N3O. The minimum Gasteiger partial charge on any atom is -0.496 e. The van der Waals surface area contributed by atoms with Crippen LogP contribution in [0.3, 0.4) is 0 Å². The first-order chi connectivity index (χ1) is 9.13. The zero-order valence-electron chi connectivity index (χ0n) is 12.2. The second-order valence-corrected chi connectivity index (χ2v) is 5.26. The molecule has 1 aliphatic rings. The van der Waals surface area contributed by atoms with E-state index in [9.17, 15) is 0 Å². The fourth-order valence-electron chi connectivity index (χ4n) is 2.71. The molecule has 1 fully saturated rings. The van der Waals surface area contributed by atoms with Crippen molar-refractivity contribution in [2.45, 2.75) is 19.9 Å². The lowest BCUT2D eigenvalue weighted by Gasteiger charge is -2.30. The highest BCUT2D eigenvalue weighted by Crippen LogP contribution is 2.27. The van der Waals surface area contributed by atoms with E-state index in [4.69, 9.17) is 10.5 Å². The van der Waals surface area contributed by atoms with Crippen LogP contribution >= 0.6 is 0 Å². The van der Waals surface area contributed by atoms with Crippen LogP contribution in [0, 0.1) is 13.8 Å². The zero-order chi connectivity index (χ0) is 13.8. The Morgan fingerprint density at radius 3 is 2.58 bits per heavy atom. The summed E-state index contributed by atoms with van der Waals surface area (Å²) in [5.41, 5.74) is 10.1. The largest absolute Gasteiger partial charge is 0.496 e. The van der Waals surface area contributed by atoms with Gasteiger partial charge in [0.1, 0.15) is 5.75 Å². The number of hydrogen-bond donors (Lipinski definition) is 2. The molecule has 0 bridgehead atoms. The maximum Gasteiger partial charge on any atom is 0.122 e. The number of nitrogens with zero attached hydrogens (tertiary/aromatic N) is 1. The molecule has 3 N–H and O–H groups in total. The van der Waals surface area contributed by atoms with Crippen molar-refractivity contribution in [1.29, 1.82) is 0 Å². The first-order valence-electron chi connectivity index (χ1n) is 6.96. The molecule has 19 heavy (non-hydrogen) atoms. The second kappa shape index (κ2) is 6.37. The maximum absolute atomic E-state index is 6.38. The van der Waals surface area contributed by atoms with Gasteiger partial charge in [0.25, 0.3) is 0 Å². The van der Waals surface area contributed by atoms with E-state index in [1.165, 1.54) is 16.7 Å². The molecule has 1 aliphatic heterocycles. The summed E-state index contributed by atoms with van der Waals surface area (Å²) in [6, 6.07) is 4.20. The lowest BCUT2D eigenvalue weighted by atomic mass is 9.96. The Morgan fingerprint density at radius 1 is 1.26 bits per heavy atom. The van der Waals surface area contributed by atoms with Crippen LogP contribution < -0.4 is 15.8 Å². The van der Waals surface area contributed by atoms with Gasteiger partial charge in [-0.05, 0) is 36.6 Å². The van der Waals surface area contributed by atoms with E-state index in [1.807, 2.05) is 6.07 Å². The van der Waals surface area contributed by atoms with Gasteiger partial charge in [-0.25, -0.2) is 0 Å². The van der Waals surface area contributed by atoms with Crippen molar-refractivity contribution in [3.05, 3.63) is 28.8 Å². The third-order valence-electron chi connectivity index (χ3n) is 4.06. The fourth-order valence-corrected chi connectivity index (χ4v) is 2.71. The average Bonchev–Trinajstić information content (AvgIpc) is 2.42. The topological polar surface area (TPSA) is 50.5 Å². The van der Waals surface area contributed by atoms with Crippen molar-refractivity contribution in [3.63, 3.8) is 0 Å². The highest BCUT2D eigenvalue weighted by molar-refractivity contribution is 5.44. The van der Waals surface area contributed by atoms with Crippen molar-refractivity contribution >= 4 is 0 Å². The Morgan fingerprint density at radius 2 is 1.95 bits per heavy atom. The molecule has 2 rings (SSSR count). The predicted octanol–water partition coefficient (Wildman–Crippen LogP) is 1.22. The molecule has 4 nitrogen and oxygen atoms in total. The number of nitrogens with one attached hydrogen (secondary N) is 1. The van der Waals surface area contributed by atoms with Gasteiger partial charge in [-0.2, -0.15) is 0 Å². The molecule has 106 valence electrons. The van der Waals surface area contributed by atoms with Gasteiger partial charge in [0.2, 0.25) is 0 Å². The van der Waals surface area contributed by atoms with Gasteiger partial charge in [0, 0.05) is 38.8 Å². The van der Waals surface area contributed by atoms with Crippen molar-refractivity contribution in [2.24, 2.45) is 5.73 Å². The van der Waals surface area contributed by atoms with Crippen molar-refractivity contribution in [1.82, 2.24) is 10.2 Å². The monoisotopic (exact) mass is 263 g/mol. The van der Waals surface area contributed by atoms with E-state index < -0.39 is 0 Å². The minimum atomic E-state index is 0.0720. The number of methoxy groups -OCH3 is 1. The molecular weight excluding hydrogens is 238 g/mol. The molecule has 1 saturated heterocycles. The zero-order valence-corrected chi connectivity index (χ0v) is 12.2. The van der Waals surface area contributed by atoms with Crippen LogP contribution in [-0.2, 0) is 0 Å². The lowest BCUT2D eigenvalue weighted by molar-refractivity contribution is 0.228.